The van der Waals surface area contributed by atoms with Gasteiger partial charge in [-0.05, 0) is 42.2 Å². The molecule has 0 saturated carbocycles. The molecule has 2 rings (SSSR count). The van der Waals surface area contributed by atoms with Crippen molar-refractivity contribution in [2.45, 2.75) is 20.3 Å². The molecular weight excluding hydrogens is 332 g/mol. The Hall–Kier alpha value is -2.83. The van der Waals surface area contributed by atoms with E-state index < -0.39 is 0 Å². The number of hydrogen-bond acceptors (Lipinski definition) is 6. The highest BCUT2D eigenvalue weighted by Gasteiger charge is 2.08. The van der Waals surface area contributed by atoms with Crippen LogP contribution in [0, 0.1) is 5.92 Å². The Balaban J connectivity index is 1.85. The topological polar surface area (TPSA) is 85.4 Å². The van der Waals surface area contributed by atoms with Crippen LogP contribution in [0.4, 0.5) is 5.82 Å². The van der Waals surface area contributed by atoms with Crippen molar-refractivity contribution in [3.63, 3.8) is 0 Å². The first kappa shape index (κ1) is 19.5. The standard InChI is InChI=1S/C19H26N4O3/c1-13(2)12-21-19(24)15-6-8-18(23-22-15)20-10-9-14-5-7-16(25-3)17(11-14)26-4/h5-8,11,13H,9-10,12H2,1-4H3,(H,20,23)(H,21,24). The first-order valence-electron chi connectivity index (χ1n) is 8.60. The lowest BCUT2D eigenvalue weighted by atomic mass is 10.1. The molecule has 0 aliphatic heterocycles. The molecule has 0 bridgehead atoms. The van der Waals surface area contributed by atoms with Gasteiger partial charge < -0.3 is 20.1 Å². The number of hydrogen-bond donors (Lipinski definition) is 2. The molecule has 1 heterocycles. The quantitative estimate of drug-likeness (QED) is 0.716. The van der Waals surface area contributed by atoms with Crippen LogP contribution >= 0.6 is 0 Å². The van der Waals surface area contributed by atoms with Gasteiger partial charge in [-0.1, -0.05) is 19.9 Å². The van der Waals surface area contributed by atoms with Crippen molar-refractivity contribution in [3.05, 3.63) is 41.6 Å². The zero-order chi connectivity index (χ0) is 18.9. The van der Waals surface area contributed by atoms with Crippen molar-refractivity contribution < 1.29 is 14.3 Å². The summed E-state index contributed by atoms with van der Waals surface area (Å²) in [5.41, 5.74) is 1.43. The predicted octanol–water partition coefficient (Wildman–Crippen LogP) is 2.53. The summed E-state index contributed by atoms with van der Waals surface area (Å²) in [4.78, 5) is 11.9. The van der Waals surface area contributed by atoms with Crippen LogP contribution in [0.1, 0.15) is 29.9 Å². The van der Waals surface area contributed by atoms with Crippen LogP contribution in [0.25, 0.3) is 0 Å². The molecule has 0 atom stereocenters. The molecular formula is C19H26N4O3. The summed E-state index contributed by atoms with van der Waals surface area (Å²) in [5.74, 6) is 2.24. The Bertz CT molecular complexity index is 717. The fraction of sp³-hybridized carbons (Fsp3) is 0.421. The summed E-state index contributed by atoms with van der Waals surface area (Å²) in [6, 6.07) is 9.26. The number of carbonyl (C=O) groups is 1. The molecule has 0 spiro atoms. The summed E-state index contributed by atoms with van der Waals surface area (Å²) in [6.45, 7) is 5.38. The maximum atomic E-state index is 11.9. The monoisotopic (exact) mass is 358 g/mol. The van der Waals surface area contributed by atoms with E-state index in [-0.39, 0.29) is 5.91 Å². The highest BCUT2D eigenvalue weighted by Crippen LogP contribution is 2.27. The Kier molecular flexibility index (Phi) is 7.20. The molecule has 0 radical (unpaired) electrons. The maximum absolute atomic E-state index is 11.9. The summed E-state index contributed by atoms with van der Waals surface area (Å²) < 4.78 is 10.5. The minimum atomic E-state index is -0.205. The summed E-state index contributed by atoms with van der Waals surface area (Å²) in [6.07, 6.45) is 0.790. The molecule has 2 aromatic rings. The van der Waals surface area contributed by atoms with Crippen LogP contribution in [-0.4, -0.2) is 43.4 Å². The smallest absolute Gasteiger partial charge is 0.271 e. The maximum Gasteiger partial charge on any atom is 0.271 e. The van der Waals surface area contributed by atoms with E-state index in [4.69, 9.17) is 9.47 Å². The fourth-order valence-corrected chi connectivity index (χ4v) is 2.31. The van der Waals surface area contributed by atoms with Gasteiger partial charge in [0.15, 0.2) is 17.2 Å². The first-order valence-corrected chi connectivity index (χ1v) is 8.60. The van der Waals surface area contributed by atoms with Crippen molar-refractivity contribution in [1.29, 1.82) is 0 Å². The molecule has 1 amide bonds. The predicted molar refractivity (Wildman–Crippen MR) is 101 cm³/mol. The number of benzene rings is 1. The van der Waals surface area contributed by atoms with Crippen LogP contribution in [0.5, 0.6) is 11.5 Å². The second kappa shape index (κ2) is 9.60. The van der Waals surface area contributed by atoms with E-state index in [2.05, 4.69) is 20.8 Å². The highest BCUT2D eigenvalue weighted by molar-refractivity contribution is 5.92. The van der Waals surface area contributed by atoms with Gasteiger partial charge in [0.25, 0.3) is 5.91 Å². The molecule has 1 aromatic carbocycles. The number of rotatable bonds is 9. The van der Waals surface area contributed by atoms with Crippen LogP contribution < -0.4 is 20.1 Å². The van der Waals surface area contributed by atoms with Crippen molar-refractivity contribution in [2.75, 3.05) is 32.6 Å². The van der Waals surface area contributed by atoms with Gasteiger partial charge in [-0.2, -0.15) is 0 Å². The van der Waals surface area contributed by atoms with E-state index in [1.165, 1.54) is 0 Å². The Morgan fingerprint density at radius 3 is 2.46 bits per heavy atom. The Morgan fingerprint density at radius 2 is 1.85 bits per heavy atom. The molecule has 7 nitrogen and oxygen atoms in total. The van der Waals surface area contributed by atoms with Gasteiger partial charge in [0.05, 0.1) is 14.2 Å². The van der Waals surface area contributed by atoms with Gasteiger partial charge in [-0.3, -0.25) is 4.79 Å². The van der Waals surface area contributed by atoms with Crippen LogP contribution in [0.15, 0.2) is 30.3 Å². The first-order chi connectivity index (χ1) is 12.5. The lowest BCUT2D eigenvalue weighted by molar-refractivity contribution is 0.0943. The van der Waals surface area contributed by atoms with E-state index >= 15 is 0 Å². The third-order valence-electron chi connectivity index (χ3n) is 3.74. The molecule has 0 aliphatic rings. The molecule has 140 valence electrons. The van der Waals surface area contributed by atoms with Crippen LogP contribution in [0.3, 0.4) is 0 Å². The van der Waals surface area contributed by atoms with Crippen molar-refractivity contribution in [3.8, 4) is 11.5 Å². The van der Waals surface area contributed by atoms with Crippen LogP contribution in [0.2, 0.25) is 0 Å². The second-order valence-electron chi connectivity index (χ2n) is 6.27. The summed E-state index contributed by atoms with van der Waals surface area (Å²) in [5, 5.41) is 14.0. The van der Waals surface area contributed by atoms with Crippen molar-refractivity contribution >= 4 is 11.7 Å². The molecule has 0 aliphatic carbocycles. The number of anilines is 1. The van der Waals surface area contributed by atoms with Gasteiger partial charge in [-0.15, -0.1) is 10.2 Å². The largest absolute Gasteiger partial charge is 0.493 e. The molecule has 0 unspecified atom stereocenters. The van der Waals surface area contributed by atoms with Gasteiger partial charge in [0.2, 0.25) is 0 Å². The van der Waals surface area contributed by atoms with Gasteiger partial charge in [-0.25, -0.2) is 0 Å². The SMILES string of the molecule is COc1ccc(CCNc2ccc(C(=O)NCC(C)C)nn2)cc1OC. The fourth-order valence-electron chi connectivity index (χ4n) is 2.31. The highest BCUT2D eigenvalue weighted by atomic mass is 16.5. The minimum Gasteiger partial charge on any atom is -0.493 e. The molecule has 0 fully saturated rings. The molecule has 2 N–H and O–H groups in total. The normalized spacial score (nSPS) is 10.5. The zero-order valence-corrected chi connectivity index (χ0v) is 15.7. The summed E-state index contributed by atoms with van der Waals surface area (Å²) >= 11 is 0. The van der Waals surface area contributed by atoms with Gasteiger partial charge in [0, 0.05) is 13.1 Å². The van der Waals surface area contributed by atoms with E-state index in [9.17, 15) is 4.79 Å². The number of amides is 1. The lowest BCUT2D eigenvalue weighted by Crippen LogP contribution is -2.28. The van der Waals surface area contributed by atoms with E-state index in [0.29, 0.717) is 42.0 Å². The number of aromatic nitrogens is 2. The van der Waals surface area contributed by atoms with E-state index in [1.54, 1.807) is 26.4 Å². The third-order valence-corrected chi connectivity index (χ3v) is 3.74. The molecule has 1 aromatic heterocycles. The zero-order valence-electron chi connectivity index (χ0n) is 15.7. The number of nitrogens with zero attached hydrogens (tertiary/aromatic N) is 2. The summed E-state index contributed by atoms with van der Waals surface area (Å²) in [7, 11) is 3.23. The minimum absolute atomic E-state index is 0.205. The van der Waals surface area contributed by atoms with Crippen LogP contribution in [-0.2, 0) is 6.42 Å². The lowest BCUT2D eigenvalue weighted by Gasteiger charge is -2.10. The number of methoxy groups -OCH3 is 2. The van der Waals surface area contributed by atoms with Crippen molar-refractivity contribution in [2.24, 2.45) is 5.92 Å². The number of ether oxygens (including phenoxy) is 2. The number of nitrogens with one attached hydrogen (secondary N) is 2. The van der Waals surface area contributed by atoms with Gasteiger partial charge >= 0.3 is 0 Å². The average molecular weight is 358 g/mol. The van der Waals surface area contributed by atoms with Gasteiger partial charge in [0.1, 0.15) is 5.82 Å². The molecule has 26 heavy (non-hydrogen) atoms. The second-order valence-corrected chi connectivity index (χ2v) is 6.27. The third kappa shape index (κ3) is 5.61. The Labute approximate surface area is 154 Å². The van der Waals surface area contributed by atoms with E-state index in [0.717, 1.165) is 12.0 Å². The molecule has 7 heteroatoms. The average Bonchev–Trinajstić information content (AvgIpc) is 2.66. The van der Waals surface area contributed by atoms with Crippen molar-refractivity contribution in [1.82, 2.24) is 15.5 Å². The number of carbonyl (C=O) groups excluding carboxylic acids is 1. The van der Waals surface area contributed by atoms with E-state index in [1.807, 2.05) is 32.0 Å². The molecule has 0 saturated heterocycles. The Morgan fingerprint density at radius 1 is 1.08 bits per heavy atom.